The van der Waals surface area contributed by atoms with Crippen molar-refractivity contribution in [2.45, 2.75) is 27.1 Å². The number of fused-ring (bicyclic) bond motifs is 1. The third-order valence-electron chi connectivity index (χ3n) is 6.65. The summed E-state index contributed by atoms with van der Waals surface area (Å²) in [5.74, 6) is 1.93. The Morgan fingerprint density at radius 1 is 0.674 bits per heavy atom. The van der Waals surface area contributed by atoms with Gasteiger partial charge in [-0.15, -0.1) is 0 Å². The summed E-state index contributed by atoms with van der Waals surface area (Å²) in [6.07, 6.45) is 1.57. The molecule has 0 atom stereocenters. The molecule has 0 radical (unpaired) electrons. The van der Waals surface area contributed by atoms with Crippen LogP contribution in [-0.2, 0) is 13.2 Å². The first-order valence-corrected chi connectivity index (χ1v) is 14.3. The van der Waals surface area contributed by atoms with Gasteiger partial charge in [-0.3, -0.25) is 4.79 Å². The number of hydrogen-bond donors (Lipinski definition) is 1. The van der Waals surface area contributed by atoms with Crippen molar-refractivity contribution in [2.24, 2.45) is 5.10 Å². The van der Waals surface area contributed by atoms with E-state index in [1.54, 1.807) is 24.4 Å². The van der Waals surface area contributed by atoms with Gasteiger partial charge in [-0.2, -0.15) is 5.10 Å². The maximum absolute atomic E-state index is 12.9. The predicted molar refractivity (Wildman–Crippen MR) is 169 cm³/mol. The van der Waals surface area contributed by atoms with Gasteiger partial charge in [0.1, 0.15) is 13.2 Å². The Balaban J connectivity index is 1.22. The normalized spacial score (nSPS) is 10.9. The molecule has 43 heavy (non-hydrogen) atoms. The van der Waals surface area contributed by atoms with E-state index < -0.39 is 0 Å². The lowest BCUT2D eigenvalue weighted by atomic mass is 10.1. The number of benzene rings is 5. The van der Waals surface area contributed by atoms with E-state index in [0.717, 1.165) is 22.1 Å². The Bertz CT molecular complexity index is 1700. The second-order valence-electron chi connectivity index (χ2n) is 9.63. The first-order valence-electron chi connectivity index (χ1n) is 14.3. The number of carbonyl (C=O) groups is 1. The molecule has 1 N–H and O–H groups in total. The summed E-state index contributed by atoms with van der Waals surface area (Å²) in [6, 6.07) is 34.9. The fraction of sp³-hybridized carbons (Fsp3) is 0.167. The molecule has 0 saturated carbocycles. The summed E-state index contributed by atoms with van der Waals surface area (Å²) >= 11 is 0. The number of nitrogens with one attached hydrogen (secondary N) is 1. The molecule has 0 bridgehead atoms. The van der Waals surface area contributed by atoms with Crippen LogP contribution in [0.3, 0.4) is 0 Å². The molecule has 0 aliphatic heterocycles. The van der Waals surface area contributed by atoms with Crippen LogP contribution < -0.4 is 24.4 Å². The minimum Gasteiger partial charge on any atom is -0.490 e. The summed E-state index contributed by atoms with van der Waals surface area (Å²) in [7, 11) is 0. The Labute approximate surface area is 251 Å². The van der Waals surface area contributed by atoms with E-state index in [-0.39, 0.29) is 5.91 Å². The average Bonchev–Trinajstić information content (AvgIpc) is 3.04. The monoisotopic (exact) mass is 574 g/mol. The SMILES string of the molecule is CCOc1cc(C(=O)N/N=C/c2ccc(OCc3cccc4ccccc34)c(OCC)c2)ccc1OCc1ccccc1. The second kappa shape index (κ2) is 14.5. The number of rotatable bonds is 13. The molecule has 1 amide bonds. The van der Waals surface area contributed by atoms with Crippen molar-refractivity contribution in [3.8, 4) is 23.0 Å². The number of hydrogen-bond acceptors (Lipinski definition) is 6. The highest BCUT2D eigenvalue weighted by Gasteiger charge is 2.12. The van der Waals surface area contributed by atoms with E-state index in [0.29, 0.717) is 55.0 Å². The van der Waals surface area contributed by atoms with E-state index in [2.05, 4.69) is 34.8 Å². The quantitative estimate of drug-likeness (QED) is 0.116. The van der Waals surface area contributed by atoms with Crippen LogP contribution in [0.25, 0.3) is 10.8 Å². The summed E-state index contributed by atoms with van der Waals surface area (Å²) in [5, 5.41) is 6.49. The largest absolute Gasteiger partial charge is 0.490 e. The molecule has 0 aromatic heterocycles. The molecule has 0 spiro atoms. The van der Waals surface area contributed by atoms with Crippen LogP contribution in [0, 0.1) is 0 Å². The van der Waals surface area contributed by atoms with Gasteiger partial charge in [0.15, 0.2) is 23.0 Å². The summed E-state index contributed by atoms with van der Waals surface area (Å²) in [4.78, 5) is 12.9. The van der Waals surface area contributed by atoms with E-state index in [1.165, 1.54) is 5.39 Å². The van der Waals surface area contributed by atoms with Crippen molar-refractivity contribution < 1.29 is 23.7 Å². The van der Waals surface area contributed by atoms with Gasteiger partial charge < -0.3 is 18.9 Å². The van der Waals surface area contributed by atoms with Crippen molar-refractivity contribution in [1.82, 2.24) is 5.43 Å². The Kier molecular flexibility index (Phi) is 9.88. The molecule has 0 aliphatic rings. The van der Waals surface area contributed by atoms with Crippen LogP contribution in [0.4, 0.5) is 0 Å². The van der Waals surface area contributed by atoms with Gasteiger partial charge in [-0.1, -0.05) is 72.8 Å². The van der Waals surface area contributed by atoms with Crippen LogP contribution >= 0.6 is 0 Å². The first kappa shape index (κ1) is 29.2. The molecule has 0 saturated heterocycles. The standard InChI is InChI=1S/C36H34N2O5/c1-3-40-34-21-27(17-19-32(34)43-25-30-15-10-14-28-13-8-9-16-31(28)30)23-37-38-36(39)29-18-20-33(35(22-29)41-4-2)42-24-26-11-6-5-7-12-26/h5-23H,3-4,24-25H2,1-2H3,(H,38,39)/b37-23+. The molecule has 7 nitrogen and oxygen atoms in total. The van der Waals surface area contributed by atoms with E-state index in [9.17, 15) is 4.79 Å². The Morgan fingerprint density at radius 3 is 2.14 bits per heavy atom. The number of ether oxygens (including phenoxy) is 4. The zero-order chi connectivity index (χ0) is 29.9. The third-order valence-corrected chi connectivity index (χ3v) is 6.65. The zero-order valence-electron chi connectivity index (χ0n) is 24.3. The predicted octanol–water partition coefficient (Wildman–Crippen LogP) is 7.56. The van der Waals surface area contributed by atoms with Crippen molar-refractivity contribution in [2.75, 3.05) is 13.2 Å². The number of hydrazone groups is 1. The smallest absolute Gasteiger partial charge is 0.271 e. The van der Waals surface area contributed by atoms with Crippen LogP contribution in [0.15, 0.2) is 114 Å². The lowest BCUT2D eigenvalue weighted by Crippen LogP contribution is -2.17. The highest BCUT2D eigenvalue weighted by Crippen LogP contribution is 2.31. The lowest BCUT2D eigenvalue weighted by molar-refractivity contribution is 0.0954. The molecular weight excluding hydrogens is 540 g/mol. The number of nitrogens with zero attached hydrogens (tertiary/aromatic N) is 1. The summed E-state index contributed by atoms with van der Waals surface area (Å²) in [6.45, 7) is 5.53. The van der Waals surface area contributed by atoms with Gasteiger partial charge in [0, 0.05) is 5.56 Å². The highest BCUT2D eigenvalue weighted by atomic mass is 16.5. The maximum atomic E-state index is 12.9. The molecule has 5 aromatic carbocycles. The topological polar surface area (TPSA) is 78.4 Å². The van der Waals surface area contributed by atoms with Gasteiger partial charge in [-0.05, 0) is 77.7 Å². The van der Waals surface area contributed by atoms with Crippen molar-refractivity contribution in [3.63, 3.8) is 0 Å². The molecule has 7 heteroatoms. The van der Waals surface area contributed by atoms with Gasteiger partial charge in [0.2, 0.25) is 0 Å². The van der Waals surface area contributed by atoms with Crippen LogP contribution in [0.5, 0.6) is 23.0 Å². The molecule has 0 fully saturated rings. The Hall–Kier alpha value is -5.30. The molecule has 5 aromatic rings. The van der Waals surface area contributed by atoms with Crippen LogP contribution in [0.2, 0.25) is 0 Å². The minimum atomic E-state index is -0.369. The molecule has 5 rings (SSSR count). The van der Waals surface area contributed by atoms with Gasteiger partial charge in [0.05, 0.1) is 19.4 Å². The first-order chi connectivity index (χ1) is 21.1. The van der Waals surface area contributed by atoms with Gasteiger partial charge >= 0.3 is 0 Å². The Morgan fingerprint density at radius 2 is 1.35 bits per heavy atom. The van der Waals surface area contributed by atoms with Crippen LogP contribution in [-0.4, -0.2) is 25.3 Å². The minimum absolute atomic E-state index is 0.369. The van der Waals surface area contributed by atoms with Gasteiger partial charge in [-0.25, -0.2) is 5.43 Å². The molecule has 0 aliphatic carbocycles. The van der Waals surface area contributed by atoms with E-state index >= 15 is 0 Å². The molecule has 0 heterocycles. The third kappa shape index (κ3) is 7.71. The molecular formula is C36H34N2O5. The number of carbonyl (C=O) groups excluding carboxylic acids is 1. The van der Waals surface area contributed by atoms with E-state index in [1.807, 2.05) is 80.6 Å². The lowest BCUT2D eigenvalue weighted by Gasteiger charge is -2.14. The number of amides is 1. The average molecular weight is 575 g/mol. The molecule has 218 valence electrons. The van der Waals surface area contributed by atoms with Crippen molar-refractivity contribution >= 4 is 22.9 Å². The van der Waals surface area contributed by atoms with Crippen LogP contribution in [0.1, 0.15) is 40.9 Å². The summed E-state index contributed by atoms with van der Waals surface area (Å²) in [5.41, 5.74) is 5.87. The van der Waals surface area contributed by atoms with Gasteiger partial charge in [0.25, 0.3) is 5.91 Å². The maximum Gasteiger partial charge on any atom is 0.271 e. The van der Waals surface area contributed by atoms with Crippen molar-refractivity contribution in [3.05, 3.63) is 131 Å². The fourth-order valence-electron chi connectivity index (χ4n) is 4.57. The highest BCUT2D eigenvalue weighted by molar-refractivity contribution is 5.95. The second-order valence-corrected chi connectivity index (χ2v) is 9.63. The fourth-order valence-corrected chi connectivity index (χ4v) is 4.57. The summed E-state index contributed by atoms with van der Waals surface area (Å²) < 4.78 is 23.7. The van der Waals surface area contributed by atoms with E-state index in [4.69, 9.17) is 18.9 Å². The zero-order valence-corrected chi connectivity index (χ0v) is 24.3. The molecule has 0 unspecified atom stereocenters. The van der Waals surface area contributed by atoms with Crippen molar-refractivity contribution in [1.29, 1.82) is 0 Å².